The molecule has 20 heavy (non-hydrogen) atoms. The molecular formula is C15H16ClF2NS. The van der Waals surface area contributed by atoms with Gasteiger partial charge in [-0.15, -0.1) is 11.3 Å². The van der Waals surface area contributed by atoms with E-state index >= 15 is 0 Å². The molecule has 2 rings (SSSR count). The molecule has 0 amide bonds. The molecule has 1 nitrogen and oxygen atoms in total. The van der Waals surface area contributed by atoms with Gasteiger partial charge in [0.25, 0.3) is 0 Å². The van der Waals surface area contributed by atoms with Gasteiger partial charge in [-0.25, -0.2) is 8.78 Å². The maximum absolute atomic E-state index is 13.8. The molecule has 108 valence electrons. The van der Waals surface area contributed by atoms with Gasteiger partial charge in [0.15, 0.2) is 0 Å². The number of nitrogens with one attached hydrogen (secondary N) is 1. The highest BCUT2D eigenvalue weighted by atomic mass is 35.5. The lowest BCUT2D eigenvalue weighted by Gasteiger charge is -2.18. The molecule has 0 saturated heterocycles. The zero-order chi connectivity index (χ0) is 14.5. The zero-order valence-corrected chi connectivity index (χ0v) is 12.7. The van der Waals surface area contributed by atoms with Gasteiger partial charge >= 0.3 is 0 Å². The predicted molar refractivity (Wildman–Crippen MR) is 80.4 cm³/mol. The minimum atomic E-state index is -0.513. The molecule has 1 heterocycles. The van der Waals surface area contributed by atoms with Crippen LogP contribution in [-0.2, 0) is 6.42 Å². The Labute approximate surface area is 126 Å². The highest BCUT2D eigenvalue weighted by Crippen LogP contribution is 2.31. The quantitative estimate of drug-likeness (QED) is 0.794. The van der Waals surface area contributed by atoms with Crippen molar-refractivity contribution in [1.82, 2.24) is 5.32 Å². The number of rotatable bonds is 6. The third kappa shape index (κ3) is 3.57. The van der Waals surface area contributed by atoms with Crippen molar-refractivity contribution in [3.8, 4) is 0 Å². The lowest BCUT2D eigenvalue weighted by molar-refractivity contribution is 0.494. The highest BCUT2D eigenvalue weighted by Gasteiger charge is 2.20. The molecule has 0 bridgehead atoms. The molecule has 5 heteroatoms. The maximum atomic E-state index is 13.8. The largest absolute Gasteiger partial charge is 0.309 e. The summed E-state index contributed by atoms with van der Waals surface area (Å²) in [5, 5.41) is 5.83. The Morgan fingerprint density at radius 2 is 1.95 bits per heavy atom. The molecule has 1 N–H and O–H groups in total. The summed E-state index contributed by atoms with van der Waals surface area (Å²) in [7, 11) is 0. The van der Waals surface area contributed by atoms with Crippen LogP contribution in [0.2, 0.25) is 5.02 Å². The molecule has 0 radical (unpaired) electrons. The summed E-state index contributed by atoms with van der Waals surface area (Å²) in [4.78, 5) is 0.919. The van der Waals surface area contributed by atoms with Crippen molar-refractivity contribution >= 4 is 22.9 Å². The molecule has 1 aromatic carbocycles. The fourth-order valence-corrected chi connectivity index (χ4v) is 3.33. The molecule has 1 unspecified atom stereocenters. The predicted octanol–water partition coefficient (Wildman–Crippen LogP) is 4.96. The van der Waals surface area contributed by atoms with Crippen molar-refractivity contribution < 1.29 is 8.78 Å². The van der Waals surface area contributed by atoms with Gasteiger partial charge < -0.3 is 5.32 Å². The maximum Gasteiger partial charge on any atom is 0.129 e. The normalized spacial score (nSPS) is 12.6. The van der Waals surface area contributed by atoms with Crippen LogP contribution < -0.4 is 5.32 Å². The second-order valence-corrected chi connectivity index (χ2v) is 5.90. The summed E-state index contributed by atoms with van der Waals surface area (Å²) in [5.41, 5.74) is 0.102. The van der Waals surface area contributed by atoms with Crippen molar-refractivity contribution in [3.63, 3.8) is 0 Å². The first-order valence-corrected chi connectivity index (χ1v) is 7.78. The van der Waals surface area contributed by atoms with E-state index in [4.69, 9.17) is 11.6 Å². The van der Waals surface area contributed by atoms with Crippen molar-refractivity contribution in [1.29, 1.82) is 0 Å². The highest BCUT2D eigenvalue weighted by molar-refractivity contribution is 7.10. The molecule has 1 atom stereocenters. The van der Waals surface area contributed by atoms with Gasteiger partial charge in [0.05, 0.1) is 5.02 Å². The van der Waals surface area contributed by atoms with Gasteiger partial charge in [-0.05, 0) is 43.0 Å². The number of halogens is 3. The Morgan fingerprint density at radius 1 is 1.25 bits per heavy atom. The zero-order valence-electron chi connectivity index (χ0n) is 11.1. The Kier molecular flexibility index (Phi) is 5.52. The molecule has 0 aliphatic heterocycles. The molecule has 0 aliphatic rings. The summed E-state index contributed by atoms with van der Waals surface area (Å²) < 4.78 is 27.6. The van der Waals surface area contributed by atoms with E-state index in [-0.39, 0.29) is 18.0 Å². The van der Waals surface area contributed by atoms with E-state index in [9.17, 15) is 8.78 Å². The van der Waals surface area contributed by atoms with E-state index in [1.807, 2.05) is 12.3 Å². The monoisotopic (exact) mass is 315 g/mol. The first kappa shape index (κ1) is 15.4. The molecular weight excluding hydrogens is 300 g/mol. The number of hydrogen-bond acceptors (Lipinski definition) is 2. The fraction of sp³-hybridized carbons (Fsp3) is 0.333. The molecule has 0 fully saturated rings. The molecule has 2 aromatic rings. The second kappa shape index (κ2) is 7.16. The second-order valence-electron chi connectivity index (χ2n) is 4.54. The van der Waals surface area contributed by atoms with Crippen molar-refractivity contribution in [3.05, 3.63) is 56.7 Å². The number of thiophene rings is 1. The van der Waals surface area contributed by atoms with Gasteiger partial charge in [-0.1, -0.05) is 24.6 Å². The standard InChI is InChI=1S/C15H16ClF2NS/c1-2-7-19-14(15-11(16)6-8-20-15)9-10-12(17)4-3-5-13(10)18/h3-6,8,14,19H,2,7,9H2,1H3. The summed E-state index contributed by atoms with van der Waals surface area (Å²) in [6.45, 7) is 2.82. The van der Waals surface area contributed by atoms with Crippen LogP contribution in [0.25, 0.3) is 0 Å². The van der Waals surface area contributed by atoms with E-state index in [1.165, 1.54) is 29.5 Å². The SMILES string of the molecule is CCCNC(Cc1c(F)cccc1F)c1sccc1Cl. The Hall–Kier alpha value is -0.970. The van der Waals surface area contributed by atoms with Gasteiger partial charge in [0.1, 0.15) is 11.6 Å². The average molecular weight is 316 g/mol. The average Bonchev–Trinajstić information content (AvgIpc) is 2.84. The van der Waals surface area contributed by atoms with Crippen LogP contribution in [0.4, 0.5) is 8.78 Å². The van der Waals surface area contributed by atoms with E-state index in [0.29, 0.717) is 5.02 Å². The van der Waals surface area contributed by atoms with Gasteiger partial charge in [0.2, 0.25) is 0 Å². The Morgan fingerprint density at radius 3 is 2.50 bits per heavy atom. The minimum absolute atomic E-state index is 0.102. The first-order chi connectivity index (χ1) is 9.63. The van der Waals surface area contributed by atoms with E-state index < -0.39 is 11.6 Å². The lowest BCUT2D eigenvalue weighted by Crippen LogP contribution is -2.24. The molecule has 0 aliphatic carbocycles. The van der Waals surface area contributed by atoms with Gasteiger partial charge in [-0.2, -0.15) is 0 Å². The summed E-state index contributed by atoms with van der Waals surface area (Å²) >= 11 is 7.64. The van der Waals surface area contributed by atoms with Crippen molar-refractivity contribution in [2.75, 3.05) is 6.54 Å². The smallest absolute Gasteiger partial charge is 0.129 e. The third-order valence-corrected chi connectivity index (χ3v) is 4.54. The number of benzene rings is 1. The third-order valence-electron chi connectivity index (χ3n) is 3.07. The summed E-state index contributed by atoms with van der Waals surface area (Å²) in [6, 6.07) is 5.57. The summed E-state index contributed by atoms with van der Waals surface area (Å²) in [5.74, 6) is -1.03. The topological polar surface area (TPSA) is 12.0 Å². The van der Waals surface area contributed by atoms with E-state index in [1.54, 1.807) is 6.07 Å². The first-order valence-electron chi connectivity index (χ1n) is 6.52. The van der Waals surface area contributed by atoms with Crippen LogP contribution in [0.3, 0.4) is 0 Å². The van der Waals surface area contributed by atoms with Gasteiger partial charge in [0, 0.05) is 16.5 Å². The van der Waals surface area contributed by atoms with Crippen molar-refractivity contribution in [2.45, 2.75) is 25.8 Å². The van der Waals surface area contributed by atoms with E-state index in [2.05, 4.69) is 5.32 Å². The van der Waals surface area contributed by atoms with Gasteiger partial charge in [-0.3, -0.25) is 0 Å². The van der Waals surface area contributed by atoms with Crippen molar-refractivity contribution in [2.24, 2.45) is 0 Å². The van der Waals surface area contributed by atoms with Crippen LogP contribution in [0.5, 0.6) is 0 Å². The van der Waals surface area contributed by atoms with Crippen LogP contribution in [0.15, 0.2) is 29.6 Å². The van der Waals surface area contributed by atoms with Crippen LogP contribution >= 0.6 is 22.9 Å². The van der Waals surface area contributed by atoms with Crippen LogP contribution in [0.1, 0.15) is 29.8 Å². The number of hydrogen-bond donors (Lipinski definition) is 1. The Balaban J connectivity index is 2.26. The molecule has 0 spiro atoms. The lowest BCUT2D eigenvalue weighted by atomic mass is 10.0. The van der Waals surface area contributed by atoms with Crippen LogP contribution in [0, 0.1) is 11.6 Å². The fourth-order valence-electron chi connectivity index (χ4n) is 2.06. The molecule has 0 saturated carbocycles. The molecule has 1 aromatic heterocycles. The summed E-state index contributed by atoms with van der Waals surface area (Å²) in [6.07, 6.45) is 1.19. The van der Waals surface area contributed by atoms with E-state index in [0.717, 1.165) is 17.8 Å². The Bertz CT molecular complexity index is 551. The minimum Gasteiger partial charge on any atom is -0.309 e. The van der Waals surface area contributed by atoms with Crippen LogP contribution in [-0.4, -0.2) is 6.54 Å².